The third-order valence-electron chi connectivity index (χ3n) is 3.55. The maximum Gasteiger partial charge on any atom is 0.215 e. The number of nitrogens with one attached hydrogen (secondary N) is 2. The summed E-state index contributed by atoms with van der Waals surface area (Å²) in [5.41, 5.74) is 0.824. The van der Waals surface area contributed by atoms with Crippen molar-refractivity contribution in [3.8, 4) is 0 Å². The van der Waals surface area contributed by atoms with Crippen molar-refractivity contribution >= 4 is 10.0 Å². The zero-order valence-electron chi connectivity index (χ0n) is 11.3. The van der Waals surface area contributed by atoms with Crippen LogP contribution in [0.15, 0.2) is 30.3 Å². The molecule has 0 bridgehead atoms. The molecule has 0 spiro atoms. The molecule has 1 aromatic carbocycles. The fourth-order valence-corrected chi connectivity index (χ4v) is 3.54. The third kappa shape index (κ3) is 4.93. The summed E-state index contributed by atoms with van der Waals surface area (Å²) in [5.74, 6) is 0.464. The van der Waals surface area contributed by atoms with E-state index < -0.39 is 10.0 Å². The largest absolute Gasteiger partial charge is 0.314 e. The van der Waals surface area contributed by atoms with Crippen LogP contribution in [-0.2, 0) is 15.8 Å². The van der Waals surface area contributed by atoms with Gasteiger partial charge in [0.25, 0.3) is 0 Å². The first-order valence-electron chi connectivity index (χ1n) is 6.80. The maximum absolute atomic E-state index is 12.0. The van der Waals surface area contributed by atoms with Gasteiger partial charge in [0.05, 0.1) is 5.75 Å². The molecule has 0 amide bonds. The van der Waals surface area contributed by atoms with Crippen LogP contribution in [0.1, 0.15) is 25.3 Å². The van der Waals surface area contributed by atoms with Gasteiger partial charge in [0.15, 0.2) is 0 Å². The first-order valence-corrected chi connectivity index (χ1v) is 8.45. The zero-order chi connectivity index (χ0) is 13.7. The lowest BCUT2D eigenvalue weighted by molar-refractivity contribution is 0.323. The lowest BCUT2D eigenvalue weighted by atomic mass is 9.96. The van der Waals surface area contributed by atoms with Crippen LogP contribution in [0, 0.1) is 5.92 Å². The first kappa shape index (κ1) is 14.5. The zero-order valence-corrected chi connectivity index (χ0v) is 12.1. The molecule has 1 fully saturated rings. The van der Waals surface area contributed by atoms with Crippen molar-refractivity contribution in [1.29, 1.82) is 0 Å². The Kier molecular flexibility index (Phi) is 4.96. The van der Waals surface area contributed by atoms with Gasteiger partial charge in [0, 0.05) is 12.6 Å². The summed E-state index contributed by atoms with van der Waals surface area (Å²) in [7, 11) is -3.23. The van der Waals surface area contributed by atoms with Gasteiger partial charge in [-0.3, -0.25) is 0 Å². The van der Waals surface area contributed by atoms with Crippen LogP contribution in [-0.4, -0.2) is 27.5 Å². The average Bonchev–Trinajstić information content (AvgIpc) is 2.39. The van der Waals surface area contributed by atoms with E-state index in [1.807, 2.05) is 30.3 Å². The highest BCUT2D eigenvalue weighted by molar-refractivity contribution is 7.88. The van der Waals surface area contributed by atoms with Gasteiger partial charge in [-0.2, -0.15) is 0 Å². The molecular formula is C14H22N2O2S. The van der Waals surface area contributed by atoms with E-state index in [-0.39, 0.29) is 5.75 Å². The summed E-state index contributed by atoms with van der Waals surface area (Å²) in [6.45, 7) is 3.60. The number of sulfonamides is 1. The molecule has 2 rings (SSSR count). The van der Waals surface area contributed by atoms with E-state index >= 15 is 0 Å². The van der Waals surface area contributed by atoms with Gasteiger partial charge >= 0.3 is 0 Å². The third-order valence-corrected chi connectivity index (χ3v) is 4.87. The Bertz CT molecular complexity index is 479. The second kappa shape index (κ2) is 6.50. The average molecular weight is 282 g/mol. The van der Waals surface area contributed by atoms with E-state index in [2.05, 4.69) is 17.0 Å². The first-order chi connectivity index (χ1) is 9.05. The van der Waals surface area contributed by atoms with Crippen molar-refractivity contribution in [3.05, 3.63) is 35.9 Å². The van der Waals surface area contributed by atoms with E-state index in [9.17, 15) is 8.42 Å². The van der Waals surface area contributed by atoms with Crippen LogP contribution in [0.2, 0.25) is 0 Å². The minimum absolute atomic E-state index is 0.0599. The van der Waals surface area contributed by atoms with Crippen LogP contribution >= 0.6 is 0 Å². The van der Waals surface area contributed by atoms with E-state index in [0.717, 1.165) is 24.9 Å². The molecule has 0 aromatic heterocycles. The maximum atomic E-state index is 12.0. The van der Waals surface area contributed by atoms with Gasteiger partial charge in [-0.1, -0.05) is 30.3 Å². The van der Waals surface area contributed by atoms with Crippen molar-refractivity contribution < 1.29 is 8.42 Å². The van der Waals surface area contributed by atoms with Crippen molar-refractivity contribution in [1.82, 2.24) is 10.0 Å². The number of benzene rings is 1. The van der Waals surface area contributed by atoms with E-state index in [4.69, 9.17) is 0 Å². The summed E-state index contributed by atoms with van der Waals surface area (Å²) in [6.07, 6.45) is 2.20. The molecule has 1 aliphatic rings. The fraction of sp³-hybridized carbons (Fsp3) is 0.571. The molecule has 2 unspecified atom stereocenters. The normalized spacial score (nSPS) is 24.3. The Morgan fingerprint density at radius 2 is 2.00 bits per heavy atom. The monoisotopic (exact) mass is 282 g/mol. The van der Waals surface area contributed by atoms with Gasteiger partial charge in [0.1, 0.15) is 0 Å². The summed E-state index contributed by atoms with van der Waals surface area (Å²) in [5, 5.41) is 3.38. The molecule has 19 heavy (non-hydrogen) atoms. The molecule has 5 heteroatoms. The molecule has 1 saturated heterocycles. The number of rotatable bonds is 5. The summed E-state index contributed by atoms with van der Waals surface area (Å²) in [6, 6.07) is 9.83. The Hall–Kier alpha value is -0.910. The second-order valence-corrected chi connectivity index (χ2v) is 7.15. The topological polar surface area (TPSA) is 58.2 Å². The van der Waals surface area contributed by atoms with Crippen LogP contribution in [0.4, 0.5) is 0 Å². The minimum atomic E-state index is -3.23. The predicted molar refractivity (Wildman–Crippen MR) is 77.3 cm³/mol. The Labute approximate surface area is 115 Å². The fourth-order valence-electron chi connectivity index (χ4n) is 2.32. The standard InChI is InChI=1S/C14H22N2O2S/c1-12-7-8-14(9-15-12)10-16-19(17,18)11-13-5-3-2-4-6-13/h2-6,12,14-16H,7-11H2,1H3. The van der Waals surface area contributed by atoms with Crippen LogP contribution in [0.5, 0.6) is 0 Å². The van der Waals surface area contributed by atoms with Crippen LogP contribution in [0.3, 0.4) is 0 Å². The summed E-state index contributed by atoms with van der Waals surface area (Å²) < 4.78 is 26.7. The van der Waals surface area contributed by atoms with Gasteiger partial charge in [0.2, 0.25) is 10.0 Å². The van der Waals surface area contributed by atoms with Gasteiger partial charge in [-0.15, -0.1) is 0 Å². The summed E-state index contributed by atoms with van der Waals surface area (Å²) in [4.78, 5) is 0. The number of piperidine rings is 1. The summed E-state index contributed by atoms with van der Waals surface area (Å²) >= 11 is 0. The molecular weight excluding hydrogens is 260 g/mol. The lowest BCUT2D eigenvalue weighted by Gasteiger charge is -2.27. The van der Waals surface area contributed by atoms with E-state index in [1.165, 1.54) is 0 Å². The molecule has 1 aromatic rings. The molecule has 1 heterocycles. The van der Waals surface area contributed by atoms with Crippen molar-refractivity contribution in [2.75, 3.05) is 13.1 Å². The number of hydrogen-bond acceptors (Lipinski definition) is 3. The Morgan fingerprint density at radius 1 is 1.26 bits per heavy atom. The molecule has 0 saturated carbocycles. The minimum Gasteiger partial charge on any atom is -0.314 e. The van der Waals surface area contributed by atoms with Crippen LogP contribution in [0.25, 0.3) is 0 Å². The smallest absolute Gasteiger partial charge is 0.215 e. The predicted octanol–water partition coefficient (Wildman–Crippen LogP) is 1.49. The second-order valence-electron chi connectivity index (χ2n) is 5.35. The highest BCUT2D eigenvalue weighted by Gasteiger charge is 2.19. The van der Waals surface area contributed by atoms with Crippen molar-refractivity contribution in [2.24, 2.45) is 5.92 Å². The molecule has 106 valence electrons. The Morgan fingerprint density at radius 3 is 2.63 bits per heavy atom. The van der Waals surface area contributed by atoms with E-state index in [0.29, 0.717) is 18.5 Å². The number of hydrogen-bond donors (Lipinski definition) is 2. The highest BCUT2D eigenvalue weighted by atomic mass is 32.2. The Balaban J connectivity index is 1.81. The van der Waals surface area contributed by atoms with Gasteiger partial charge < -0.3 is 5.32 Å². The molecule has 2 N–H and O–H groups in total. The quantitative estimate of drug-likeness (QED) is 0.860. The molecule has 4 nitrogen and oxygen atoms in total. The van der Waals surface area contributed by atoms with E-state index in [1.54, 1.807) is 0 Å². The lowest BCUT2D eigenvalue weighted by Crippen LogP contribution is -2.42. The molecule has 1 aliphatic heterocycles. The van der Waals surface area contributed by atoms with Crippen molar-refractivity contribution in [2.45, 2.75) is 31.6 Å². The molecule has 2 atom stereocenters. The highest BCUT2D eigenvalue weighted by Crippen LogP contribution is 2.13. The van der Waals surface area contributed by atoms with Gasteiger partial charge in [-0.05, 0) is 37.8 Å². The molecule has 0 radical (unpaired) electrons. The SMILES string of the molecule is CC1CCC(CNS(=O)(=O)Cc2ccccc2)CN1. The molecule has 0 aliphatic carbocycles. The van der Waals surface area contributed by atoms with Crippen molar-refractivity contribution in [3.63, 3.8) is 0 Å². The van der Waals surface area contributed by atoms with Crippen LogP contribution < -0.4 is 10.0 Å². The van der Waals surface area contributed by atoms with Gasteiger partial charge in [-0.25, -0.2) is 13.1 Å².